The first-order valence-electron chi connectivity index (χ1n) is 15.6. The summed E-state index contributed by atoms with van der Waals surface area (Å²) in [4.78, 5) is 11.5. The van der Waals surface area contributed by atoms with Crippen LogP contribution >= 0.6 is 15.9 Å². The molecule has 0 aromatic rings. The standard InChI is InChI=1S/C14H31N3O3Si.C8H21N3.C6H15BrO3Si/c1-15(2)7-8-17(4)10-9-16(3)6-5-11-21-18-12-14(20-21)13-19-21;1-9-5-6-11(4)8-7-10(2)3;1-8-11(9-2,10-3)6-4-5-7/h14H,5-13H2,1-4H3;9H,5-8H2,1-4H3;4-6H2,1-3H3. The van der Waals surface area contributed by atoms with Crippen molar-refractivity contribution in [2.45, 2.75) is 31.0 Å². The zero-order chi connectivity index (χ0) is 32.7. The molecule has 1 N–H and O–H groups in total. The van der Waals surface area contributed by atoms with Gasteiger partial charge in [0, 0.05) is 91.1 Å². The molecule has 260 valence electrons. The number of nitrogens with zero attached hydrogens (tertiary/aromatic N) is 5. The third-order valence-corrected chi connectivity index (χ3v) is 13.6. The van der Waals surface area contributed by atoms with Gasteiger partial charge in [-0.15, -0.1) is 0 Å². The smallest absolute Gasteiger partial charge is 0.377 e. The van der Waals surface area contributed by atoms with Crippen LogP contribution in [-0.4, -0.2) is 203 Å². The molecule has 2 saturated heterocycles. The van der Waals surface area contributed by atoms with E-state index >= 15 is 0 Å². The van der Waals surface area contributed by atoms with Crippen LogP contribution in [0.3, 0.4) is 0 Å². The molecular weight excluding hydrogens is 652 g/mol. The first kappa shape index (κ1) is 43.4. The molecule has 0 aliphatic carbocycles. The Balaban J connectivity index is 0.000000682. The van der Waals surface area contributed by atoms with E-state index in [0.717, 1.165) is 102 Å². The van der Waals surface area contributed by atoms with Crippen LogP contribution in [-0.2, 0) is 26.6 Å². The molecule has 12 nitrogen and oxygen atoms in total. The monoisotopic (exact) mass is 718 g/mol. The Morgan fingerprint density at radius 2 is 1.19 bits per heavy atom. The second kappa shape index (κ2) is 25.5. The molecule has 2 bridgehead atoms. The van der Waals surface area contributed by atoms with E-state index < -0.39 is 17.6 Å². The highest BCUT2D eigenvalue weighted by atomic mass is 79.9. The third-order valence-electron chi connectivity index (χ3n) is 7.36. The van der Waals surface area contributed by atoms with Gasteiger partial charge in [-0.25, -0.2) is 0 Å². The van der Waals surface area contributed by atoms with Crippen LogP contribution in [0.2, 0.25) is 12.1 Å². The van der Waals surface area contributed by atoms with E-state index in [0.29, 0.717) is 0 Å². The molecule has 2 aliphatic rings. The summed E-state index contributed by atoms with van der Waals surface area (Å²) in [6, 6.07) is 1.83. The molecule has 0 radical (unpaired) electrons. The average Bonchev–Trinajstić information content (AvgIpc) is 3.60. The van der Waals surface area contributed by atoms with E-state index in [9.17, 15) is 0 Å². The molecule has 43 heavy (non-hydrogen) atoms. The summed E-state index contributed by atoms with van der Waals surface area (Å²) in [5.41, 5.74) is 0. The zero-order valence-corrected chi connectivity index (χ0v) is 33.0. The predicted molar refractivity (Wildman–Crippen MR) is 185 cm³/mol. The molecule has 0 spiro atoms. The van der Waals surface area contributed by atoms with Crippen molar-refractivity contribution in [1.29, 1.82) is 0 Å². The summed E-state index contributed by atoms with van der Waals surface area (Å²) >= 11 is 3.35. The number of halogens is 1. The van der Waals surface area contributed by atoms with Crippen molar-refractivity contribution in [3.05, 3.63) is 0 Å². The van der Waals surface area contributed by atoms with Crippen LogP contribution in [0.5, 0.6) is 0 Å². The number of hydrogen-bond donors (Lipinski definition) is 1. The summed E-state index contributed by atoms with van der Waals surface area (Å²) < 4.78 is 33.0. The van der Waals surface area contributed by atoms with Gasteiger partial charge in [-0.3, -0.25) is 0 Å². The Bertz CT molecular complexity index is 645. The van der Waals surface area contributed by atoms with Gasteiger partial charge in [0.25, 0.3) is 0 Å². The first-order chi connectivity index (χ1) is 20.4. The summed E-state index contributed by atoms with van der Waals surface area (Å²) in [5, 5.41) is 4.09. The van der Waals surface area contributed by atoms with Gasteiger partial charge in [0.1, 0.15) is 0 Å². The minimum absolute atomic E-state index is 0.222. The topological polar surface area (TPSA) is 83.6 Å². The van der Waals surface area contributed by atoms with Crippen LogP contribution < -0.4 is 5.32 Å². The molecule has 2 aliphatic heterocycles. The highest BCUT2D eigenvalue weighted by Crippen LogP contribution is 2.32. The molecule has 2 heterocycles. The predicted octanol–water partition coefficient (Wildman–Crippen LogP) is 1.53. The minimum Gasteiger partial charge on any atom is -0.377 e. The molecule has 0 saturated carbocycles. The number of likely N-dealkylation sites (N-methyl/N-ethyl adjacent to an activating group) is 6. The molecule has 0 aromatic heterocycles. The highest BCUT2D eigenvalue weighted by Gasteiger charge is 2.54. The largest absolute Gasteiger partial charge is 0.501 e. The second-order valence-corrected chi connectivity index (χ2v) is 18.4. The summed E-state index contributed by atoms with van der Waals surface area (Å²) in [5.74, 6) is 0. The van der Waals surface area contributed by atoms with Gasteiger partial charge in [0.15, 0.2) is 0 Å². The summed E-state index contributed by atoms with van der Waals surface area (Å²) in [6.45, 7) is 11.5. The normalized spacial score (nSPS) is 19.9. The Kier molecular flexibility index (Phi) is 25.8. The Morgan fingerprint density at radius 3 is 1.58 bits per heavy atom. The fourth-order valence-electron chi connectivity index (χ4n) is 4.25. The number of hydrogen-bond acceptors (Lipinski definition) is 12. The van der Waals surface area contributed by atoms with E-state index in [-0.39, 0.29) is 6.10 Å². The lowest BCUT2D eigenvalue weighted by Crippen LogP contribution is -2.42. The molecule has 2 rings (SSSR count). The lowest BCUT2D eigenvalue weighted by molar-refractivity contribution is 0.123. The fourth-order valence-corrected chi connectivity index (χ4v) is 9.51. The molecule has 0 unspecified atom stereocenters. The van der Waals surface area contributed by atoms with Gasteiger partial charge in [0.05, 0.1) is 19.3 Å². The zero-order valence-electron chi connectivity index (χ0n) is 29.5. The summed E-state index contributed by atoms with van der Waals surface area (Å²) in [7, 11) is 17.4. The SMILES string of the molecule is CN(C)CCN(C)CCN(C)CCC[Si]12OCC(CO1)O2.CNCCN(C)CCN(C)C.CO[Si](CCCBr)(OC)OC. The van der Waals surface area contributed by atoms with E-state index in [2.05, 4.69) is 95.1 Å². The van der Waals surface area contributed by atoms with Gasteiger partial charge >= 0.3 is 17.6 Å². The van der Waals surface area contributed by atoms with Crippen molar-refractivity contribution in [1.82, 2.24) is 29.8 Å². The van der Waals surface area contributed by atoms with Gasteiger partial charge < -0.3 is 56.4 Å². The highest BCUT2D eigenvalue weighted by molar-refractivity contribution is 9.09. The Hall–Kier alpha value is 0.434. The van der Waals surface area contributed by atoms with E-state index in [1.165, 1.54) is 0 Å². The average molecular weight is 720 g/mol. The molecule has 0 aromatic carbocycles. The van der Waals surface area contributed by atoms with Crippen molar-refractivity contribution < 1.29 is 26.6 Å². The summed E-state index contributed by atoms with van der Waals surface area (Å²) in [6.07, 6.45) is 2.33. The molecular formula is C28H67BrN6O6Si2. The van der Waals surface area contributed by atoms with E-state index in [1.54, 1.807) is 21.3 Å². The van der Waals surface area contributed by atoms with Crippen LogP contribution in [0.25, 0.3) is 0 Å². The van der Waals surface area contributed by atoms with Crippen molar-refractivity contribution in [3.63, 3.8) is 0 Å². The minimum atomic E-state index is -2.27. The quantitative estimate of drug-likeness (QED) is 0.130. The van der Waals surface area contributed by atoms with Crippen molar-refractivity contribution in [3.8, 4) is 0 Å². The van der Waals surface area contributed by atoms with Crippen LogP contribution in [0.15, 0.2) is 0 Å². The molecule has 15 heteroatoms. The molecule has 0 amide bonds. The molecule has 0 atom stereocenters. The van der Waals surface area contributed by atoms with Crippen molar-refractivity contribution >= 4 is 33.5 Å². The third kappa shape index (κ3) is 21.0. The number of fused-ring (bicyclic) bond motifs is 2. The Morgan fingerprint density at radius 1 is 0.721 bits per heavy atom. The van der Waals surface area contributed by atoms with Gasteiger partial charge in [-0.05, 0) is 75.8 Å². The number of rotatable bonds is 22. The van der Waals surface area contributed by atoms with Crippen LogP contribution in [0, 0.1) is 0 Å². The maximum Gasteiger partial charge on any atom is 0.501 e. The van der Waals surface area contributed by atoms with Crippen molar-refractivity contribution in [2.75, 3.05) is 155 Å². The number of nitrogens with one attached hydrogen (secondary N) is 1. The van der Waals surface area contributed by atoms with Gasteiger partial charge in [0.2, 0.25) is 0 Å². The van der Waals surface area contributed by atoms with Crippen molar-refractivity contribution in [2.24, 2.45) is 0 Å². The van der Waals surface area contributed by atoms with Gasteiger partial charge in [-0.1, -0.05) is 15.9 Å². The Labute approximate surface area is 275 Å². The lowest BCUT2D eigenvalue weighted by atomic mass is 10.4. The maximum absolute atomic E-state index is 5.86. The first-order valence-corrected chi connectivity index (χ1v) is 20.6. The van der Waals surface area contributed by atoms with Gasteiger partial charge in [-0.2, -0.15) is 0 Å². The second-order valence-electron chi connectivity index (χ2n) is 11.9. The molecule has 2 fully saturated rings. The maximum atomic E-state index is 5.86. The van der Waals surface area contributed by atoms with E-state index in [1.807, 2.05) is 7.05 Å². The van der Waals surface area contributed by atoms with Crippen LogP contribution in [0.1, 0.15) is 12.8 Å². The lowest BCUT2D eigenvalue weighted by Gasteiger charge is -2.24. The van der Waals surface area contributed by atoms with E-state index in [4.69, 9.17) is 26.6 Å². The fraction of sp³-hybridized carbons (Fsp3) is 1.00. The number of alkyl halides is 1. The van der Waals surface area contributed by atoms with Crippen LogP contribution in [0.4, 0.5) is 0 Å².